The molecule has 2 aromatic rings. The highest BCUT2D eigenvalue weighted by molar-refractivity contribution is 5.95. The van der Waals surface area contributed by atoms with Gasteiger partial charge in [-0.3, -0.25) is 10.1 Å². The third kappa shape index (κ3) is 5.97. The monoisotopic (exact) mass is 482 g/mol. The van der Waals surface area contributed by atoms with Gasteiger partial charge in [0.05, 0.1) is 17.0 Å². The first-order valence-corrected chi connectivity index (χ1v) is 11.2. The van der Waals surface area contributed by atoms with Crippen molar-refractivity contribution in [1.29, 1.82) is 0 Å². The Morgan fingerprint density at radius 1 is 1.09 bits per heavy atom. The second-order valence-electron chi connectivity index (χ2n) is 8.62. The highest BCUT2D eigenvalue weighted by Crippen LogP contribution is 2.33. The summed E-state index contributed by atoms with van der Waals surface area (Å²) in [4.78, 5) is 47.3. The van der Waals surface area contributed by atoms with E-state index in [1.165, 1.54) is 18.2 Å². The van der Waals surface area contributed by atoms with E-state index in [1.54, 1.807) is 6.07 Å². The van der Waals surface area contributed by atoms with Crippen molar-refractivity contribution in [3.63, 3.8) is 0 Å². The topological polar surface area (TPSA) is 138 Å². The lowest BCUT2D eigenvalue weighted by molar-refractivity contribution is -0.966. The van der Waals surface area contributed by atoms with Crippen molar-refractivity contribution in [3.05, 3.63) is 87.5 Å². The highest BCUT2D eigenvalue weighted by atomic mass is 16.6. The van der Waals surface area contributed by atoms with E-state index in [9.17, 15) is 29.6 Å². The van der Waals surface area contributed by atoms with Gasteiger partial charge in [0.15, 0.2) is 0 Å². The average Bonchev–Trinajstić information content (AvgIpc) is 2.86. The van der Waals surface area contributed by atoms with Crippen LogP contribution in [0.2, 0.25) is 0 Å². The van der Waals surface area contributed by atoms with E-state index in [4.69, 9.17) is 5.11 Å². The Morgan fingerprint density at radius 2 is 1.74 bits per heavy atom. The summed E-state index contributed by atoms with van der Waals surface area (Å²) in [6.07, 6.45) is 1.94. The number of rotatable bonds is 9. The molecular weight excluding hydrogens is 454 g/mol. The molecule has 35 heavy (non-hydrogen) atoms. The van der Waals surface area contributed by atoms with Gasteiger partial charge < -0.3 is 10.2 Å². The van der Waals surface area contributed by atoms with E-state index >= 15 is 0 Å². The molecule has 3 rings (SSSR count). The zero-order chi connectivity index (χ0) is 25.6. The second-order valence-corrected chi connectivity index (χ2v) is 8.62. The van der Waals surface area contributed by atoms with Crippen LogP contribution in [0.15, 0.2) is 66.2 Å². The van der Waals surface area contributed by atoms with E-state index in [0.29, 0.717) is 19.0 Å². The number of quaternary nitrogens is 1. The molecule has 0 bridgehead atoms. The quantitative estimate of drug-likeness (QED) is 0.241. The first kappa shape index (κ1) is 25.7. The number of hydrogen-bond donors (Lipinski definition) is 2. The molecule has 0 saturated carbocycles. The standard InChI is InChI=1S/C25H27N3O7/c1-26(13-10-18-6-3-2-4-7-18)28(24(31)20-8-5-9-21(16-20)27(34)35)14-11-19(12-15-28)22(25(32)33)17-23(29)30/h2-9,16-17,19H,10-15H2,1H3,(H-,29,30,32,33)/p+1/b22-17-. The number of aliphatic carboxylic acids is 2. The molecule has 10 heteroatoms. The number of nitrogens with zero attached hydrogens (tertiary/aromatic N) is 3. The van der Waals surface area contributed by atoms with Gasteiger partial charge >= 0.3 is 17.8 Å². The van der Waals surface area contributed by atoms with E-state index < -0.39 is 22.8 Å². The number of non-ortho nitro benzene ring substituents is 1. The fraction of sp³-hybridized carbons (Fsp3) is 0.320. The van der Waals surface area contributed by atoms with Crippen LogP contribution in [0.5, 0.6) is 0 Å². The SMILES string of the molecule is CN(CCc1ccccc1)[N+]1(C(=O)c2cccc([N+](=O)[O-])c2)CCC(/C(=C/C(=O)O)C(=O)O)CC1. The van der Waals surface area contributed by atoms with Crippen molar-refractivity contribution >= 4 is 23.5 Å². The summed E-state index contributed by atoms with van der Waals surface area (Å²) >= 11 is 0. The van der Waals surface area contributed by atoms with Gasteiger partial charge in [0.2, 0.25) is 0 Å². The third-order valence-corrected chi connectivity index (χ3v) is 6.56. The van der Waals surface area contributed by atoms with E-state index in [-0.39, 0.29) is 53.3 Å². The normalized spacial score (nSPS) is 20.4. The molecule has 1 saturated heterocycles. The highest BCUT2D eigenvalue weighted by Gasteiger charge is 2.46. The Balaban J connectivity index is 1.91. The summed E-state index contributed by atoms with van der Waals surface area (Å²) in [7, 11) is 1.81. The minimum absolute atomic E-state index is 0.134. The third-order valence-electron chi connectivity index (χ3n) is 6.56. The lowest BCUT2D eigenvalue weighted by atomic mass is 9.87. The van der Waals surface area contributed by atoms with E-state index in [0.717, 1.165) is 5.56 Å². The molecule has 0 aliphatic carbocycles. The number of benzene rings is 2. The van der Waals surface area contributed by atoms with Crippen molar-refractivity contribution in [1.82, 2.24) is 5.01 Å². The van der Waals surface area contributed by atoms with Crippen molar-refractivity contribution < 1.29 is 34.1 Å². The van der Waals surface area contributed by atoms with Gasteiger partial charge in [-0.25, -0.2) is 14.4 Å². The second kappa shape index (κ2) is 11.0. The minimum Gasteiger partial charge on any atom is -0.478 e. The molecule has 1 aliphatic heterocycles. The van der Waals surface area contributed by atoms with Crippen LogP contribution in [0.1, 0.15) is 28.8 Å². The fourth-order valence-electron chi connectivity index (χ4n) is 4.61. The van der Waals surface area contributed by atoms with Gasteiger partial charge in [-0.1, -0.05) is 36.4 Å². The number of nitro benzene ring substituents is 1. The Morgan fingerprint density at radius 3 is 2.31 bits per heavy atom. The molecule has 1 fully saturated rings. The van der Waals surface area contributed by atoms with Crippen molar-refractivity contribution in [2.75, 3.05) is 26.7 Å². The van der Waals surface area contributed by atoms with Gasteiger partial charge in [-0.15, -0.1) is 0 Å². The number of likely N-dealkylation sites (N-methyl/N-ethyl adjacent to an activating group) is 1. The van der Waals surface area contributed by atoms with Crippen LogP contribution in [0.4, 0.5) is 5.69 Å². The fourth-order valence-corrected chi connectivity index (χ4v) is 4.61. The molecule has 1 aliphatic rings. The smallest absolute Gasteiger partial charge is 0.365 e. The predicted octanol–water partition coefficient (Wildman–Crippen LogP) is 3.15. The summed E-state index contributed by atoms with van der Waals surface area (Å²) in [5.74, 6) is -3.46. The molecule has 0 unspecified atom stereocenters. The summed E-state index contributed by atoms with van der Waals surface area (Å²) in [5, 5.41) is 31.8. The number of carbonyl (C=O) groups excluding carboxylic acids is 1. The lowest BCUT2D eigenvalue weighted by Gasteiger charge is -2.45. The molecule has 2 N–H and O–H groups in total. The largest absolute Gasteiger partial charge is 0.478 e. The number of carboxylic acids is 2. The number of likely N-dealkylation sites (tertiary alicyclic amines) is 1. The number of carboxylic acid groups (broad SMARTS) is 2. The molecule has 0 atom stereocenters. The van der Waals surface area contributed by atoms with Crippen molar-refractivity contribution in [3.8, 4) is 0 Å². The van der Waals surface area contributed by atoms with Crippen LogP contribution in [-0.2, 0) is 16.0 Å². The summed E-state index contributed by atoms with van der Waals surface area (Å²) in [6.45, 7) is 0.996. The minimum atomic E-state index is -1.33. The van der Waals surface area contributed by atoms with Gasteiger partial charge in [0, 0.05) is 49.6 Å². The Kier molecular flexibility index (Phi) is 8.10. The number of carbonyl (C=O) groups is 3. The number of hydrogen-bond acceptors (Lipinski definition) is 6. The maximum atomic E-state index is 13.8. The number of amides is 1. The van der Waals surface area contributed by atoms with Crippen LogP contribution < -0.4 is 0 Å². The lowest BCUT2D eigenvalue weighted by Crippen LogP contribution is -2.65. The van der Waals surface area contributed by atoms with Crippen LogP contribution in [0, 0.1) is 16.0 Å². The zero-order valence-corrected chi connectivity index (χ0v) is 19.4. The summed E-state index contributed by atoms with van der Waals surface area (Å²) in [6, 6.07) is 15.3. The summed E-state index contributed by atoms with van der Waals surface area (Å²) in [5.41, 5.74) is 0.912. The molecule has 184 valence electrons. The van der Waals surface area contributed by atoms with Gasteiger partial charge in [-0.2, -0.15) is 9.60 Å². The number of piperidine rings is 1. The molecule has 10 nitrogen and oxygen atoms in total. The first-order chi connectivity index (χ1) is 16.6. The van der Waals surface area contributed by atoms with Crippen LogP contribution in [0.3, 0.4) is 0 Å². The van der Waals surface area contributed by atoms with Gasteiger partial charge in [-0.05, 0) is 18.1 Å². The Bertz CT molecular complexity index is 1140. The van der Waals surface area contributed by atoms with Crippen molar-refractivity contribution in [2.45, 2.75) is 19.3 Å². The van der Waals surface area contributed by atoms with Gasteiger partial charge in [0.1, 0.15) is 13.1 Å². The van der Waals surface area contributed by atoms with Crippen LogP contribution in [0.25, 0.3) is 0 Å². The molecule has 1 amide bonds. The van der Waals surface area contributed by atoms with Gasteiger partial charge in [0.25, 0.3) is 5.69 Å². The Labute approximate surface area is 202 Å². The van der Waals surface area contributed by atoms with E-state index in [2.05, 4.69) is 0 Å². The molecule has 0 spiro atoms. The Hall–Kier alpha value is -3.89. The average molecular weight is 483 g/mol. The zero-order valence-electron chi connectivity index (χ0n) is 19.4. The van der Waals surface area contributed by atoms with Crippen molar-refractivity contribution in [2.24, 2.45) is 5.92 Å². The summed E-state index contributed by atoms with van der Waals surface area (Å²) < 4.78 is -0.134. The van der Waals surface area contributed by atoms with Crippen LogP contribution in [-0.4, -0.2) is 69.3 Å². The number of nitro groups is 1. The maximum Gasteiger partial charge on any atom is 0.365 e. The van der Waals surface area contributed by atoms with E-state index in [1.807, 2.05) is 42.4 Å². The maximum absolute atomic E-state index is 13.8. The molecule has 0 aromatic heterocycles. The van der Waals surface area contributed by atoms with Crippen LogP contribution >= 0.6 is 0 Å². The first-order valence-electron chi connectivity index (χ1n) is 11.2. The molecule has 0 radical (unpaired) electrons. The predicted molar refractivity (Wildman–Crippen MR) is 126 cm³/mol. The molecule has 2 aromatic carbocycles. The molecule has 1 heterocycles. The molecular formula is C25H28N3O7+.